The second kappa shape index (κ2) is 6.36. The number of aryl methyl sites for hydroxylation is 2. The number of nitrogens with zero attached hydrogens (tertiary/aromatic N) is 4. The van der Waals surface area contributed by atoms with Gasteiger partial charge in [-0.1, -0.05) is 36.8 Å². The lowest BCUT2D eigenvalue weighted by Crippen LogP contribution is -1.98. The van der Waals surface area contributed by atoms with Crippen LogP contribution in [-0.4, -0.2) is 19.6 Å². The lowest BCUT2D eigenvalue weighted by atomic mass is 10.1. The fourth-order valence-electron chi connectivity index (χ4n) is 2.81. The molecule has 3 heterocycles. The van der Waals surface area contributed by atoms with Crippen LogP contribution in [0.15, 0.2) is 61.1 Å². The van der Waals surface area contributed by atoms with Gasteiger partial charge in [0.1, 0.15) is 5.82 Å². The van der Waals surface area contributed by atoms with Crippen molar-refractivity contribution in [1.29, 1.82) is 0 Å². The number of nitrogens with one attached hydrogen (secondary N) is 1. The van der Waals surface area contributed by atoms with Crippen molar-refractivity contribution in [3.63, 3.8) is 0 Å². The van der Waals surface area contributed by atoms with Crippen molar-refractivity contribution in [2.45, 2.75) is 20.3 Å². The van der Waals surface area contributed by atoms with Gasteiger partial charge < -0.3 is 5.32 Å². The molecular formula is C20H19N5. The van der Waals surface area contributed by atoms with E-state index < -0.39 is 0 Å². The number of hydrogen-bond acceptors (Lipinski definition) is 4. The van der Waals surface area contributed by atoms with Crippen LogP contribution in [0.1, 0.15) is 18.2 Å². The van der Waals surface area contributed by atoms with Gasteiger partial charge in [-0.05, 0) is 37.1 Å². The van der Waals surface area contributed by atoms with Crippen molar-refractivity contribution >= 4 is 17.2 Å². The predicted molar refractivity (Wildman–Crippen MR) is 100 cm³/mol. The molecule has 0 saturated heterocycles. The van der Waals surface area contributed by atoms with Gasteiger partial charge in [0.15, 0.2) is 5.65 Å². The van der Waals surface area contributed by atoms with Crippen molar-refractivity contribution in [2.75, 3.05) is 5.32 Å². The van der Waals surface area contributed by atoms with Crippen LogP contribution in [0.4, 0.5) is 11.5 Å². The Labute approximate surface area is 146 Å². The molecule has 0 unspecified atom stereocenters. The first kappa shape index (κ1) is 15.3. The highest BCUT2D eigenvalue weighted by Gasteiger charge is 2.09. The number of pyridine rings is 1. The molecule has 3 aromatic heterocycles. The highest BCUT2D eigenvalue weighted by Crippen LogP contribution is 2.25. The summed E-state index contributed by atoms with van der Waals surface area (Å²) in [6, 6.07) is 14.3. The molecule has 0 aliphatic carbocycles. The van der Waals surface area contributed by atoms with Crippen molar-refractivity contribution in [3.05, 3.63) is 72.3 Å². The van der Waals surface area contributed by atoms with Gasteiger partial charge in [0.2, 0.25) is 0 Å². The second-order valence-electron chi connectivity index (χ2n) is 6.03. The number of benzene rings is 1. The maximum atomic E-state index is 4.74. The van der Waals surface area contributed by atoms with Crippen LogP contribution in [-0.2, 0) is 6.42 Å². The molecule has 0 fully saturated rings. The molecule has 4 rings (SSSR count). The van der Waals surface area contributed by atoms with Crippen molar-refractivity contribution < 1.29 is 0 Å². The van der Waals surface area contributed by atoms with Gasteiger partial charge in [0.05, 0.1) is 18.1 Å². The first-order valence-electron chi connectivity index (χ1n) is 8.36. The van der Waals surface area contributed by atoms with Crippen LogP contribution in [0.5, 0.6) is 0 Å². The van der Waals surface area contributed by atoms with E-state index in [2.05, 4.69) is 53.5 Å². The monoisotopic (exact) mass is 329 g/mol. The zero-order valence-electron chi connectivity index (χ0n) is 14.3. The van der Waals surface area contributed by atoms with Gasteiger partial charge in [-0.2, -0.15) is 5.10 Å². The Morgan fingerprint density at radius 1 is 1.08 bits per heavy atom. The van der Waals surface area contributed by atoms with E-state index in [1.165, 1.54) is 5.56 Å². The minimum atomic E-state index is 0.771. The number of fused-ring (bicyclic) bond motifs is 1. The Balaban J connectivity index is 1.70. The van der Waals surface area contributed by atoms with Crippen LogP contribution in [0.25, 0.3) is 16.8 Å². The zero-order chi connectivity index (χ0) is 17.2. The summed E-state index contributed by atoms with van der Waals surface area (Å²) in [6.07, 6.45) is 6.54. The third-order valence-electron chi connectivity index (χ3n) is 4.16. The summed E-state index contributed by atoms with van der Waals surface area (Å²) in [7, 11) is 0. The van der Waals surface area contributed by atoms with Crippen LogP contribution in [0, 0.1) is 6.92 Å². The third kappa shape index (κ3) is 3.08. The summed E-state index contributed by atoms with van der Waals surface area (Å²) >= 11 is 0. The van der Waals surface area contributed by atoms with E-state index in [0.717, 1.165) is 40.4 Å². The predicted octanol–water partition coefficient (Wildman–Crippen LogP) is 4.41. The molecule has 4 aromatic rings. The average Bonchev–Trinajstić information content (AvgIpc) is 3.06. The zero-order valence-corrected chi connectivity index (χ0v) is 14.3. The molecule has 5 heteroatoms. The standard InChI is InChI=1S/C20H19N5/c1-3-16-7-8-17(12-21-16)23-19-9-10-25-20(24-19)18(13-22-25)15-6-4-5-14(2)11-15/h4-13H,3H2,1-2H3,(H,23,24). The van der Waals surface area contributed by atoms with Crippen LogP contribution < -0.4 is 5.32 Å². The molecule has 0 saturated carbocycles. The summed E-state index contributed by atoms with van der Waals surface area (Å²) in [5.41, 5.74) is 6.18. The maximum Gasteiger partial charge on any atom is 0.165 e. The maximum absolute atomic E-state index is 4.74. The molecule has 5 nitrogen and oxygen atoms in total. The van der Waals surface area contributed by atoms with E-state index >= 15 is 0 Å². The quantitative estimate of drug-likeness (QED) is 0.603. The van der Waals surface area contributed by atoms with Crippen LogP contribution >= 0.6 is 0 Å². The lowest BCUT2D eigenvalue weighted by Gasteiger charge is -2.07. The Kier molecular flexibility index (Phi) is 3.90. The molecule has 1 aromatic carbocycles. The Hall–Kier alpha value is -3.21. The van der Waals surface area contributed by atoms with Crippen LogP contribution in [0.2, 0.25) is 0 Å². The van der Waals surface area contributed by atoms with Crippen LogP contribution in [0.3, 0.4) is 0 Å². The van der Waals surface area contributed by atoms with E-state index in [1.54, 1.807) is 4.52 Å². The minimum absolute atomic E-state index is 0.771. The highest BCUT2D eigenvalue weighted by molar-refractivity contribution is 5.78. The summed E-state index contributed by atoms with van der Waals surface area (Å²) < 4.78 is 1.79. The molecule has 0 atom stereocenters. The van der Waals surface area contributed by atoms with Gasteiger partial charge in [0, 0.05) is 17.5 Å². The van der Waals surface area contributed by atoms with E-state index in [1.807, 2.05) is 36.8 Å². The second-order valence-corrected chi connectivity index (χ2v) is 6.03. The molecule has 0 bridgehead atoms. The molecule has 0 spiro atoms. The Bertz CT molecular complexity index is 1020. The molecule has 0 amide bonds. The first-order chi connectivity index (χ1) is 12.2. The number of aromatic nitrogens is 4. The summed E-state index contributed by atoms with van der Waals surface area (Å²) in [5.74, 6) is 0.771. The largest absolute Gasteiger partial charge is 0.339 e. The van der Waals surface area contributed by atoms with Gasteiger partial charge in [0.25, 0.3) is 0 Å². The third-order valence-corrected chi connectivity index (χ3v) is 4.16. The van der Waals surface area contributed by atoms with E-state index in [0.29, 0.717) is 0 Å². The fourth-order valence-corrected chi connectivity index (χ4v) is 2.81. The number of hydrogen-bond donors (Lipinski definition) is 1. The number of rotatable bonds is 4. The highest BCUT2D eigenvalue weighted by atomic mass is 15.2. The van der Waals surface area contributed by atoms with Crippen molar-refractivity contribution in [1.82, 2.24) is 19.6 Å². The van der Waals surface area contributed by atoms with E-state index in [-0.39, 0.29) is 0 Å². The normalized spacial score (nSPS) is 11.0. The smallest absolute Gasteiger partial charge is 0.165 e. The molecule has 124 valence electrons. The molecular weight excluding hydrogens is 310 g/mol. The first-order valence-corrected chi connectivity index (χ1v) is 8.36. The fraction of sp³-hybridized carbons (Fsp3) is 0.150. The Morgan fingerprint density at radius 2 is 2.00 bits per heavy atom. The SMILES string of the molecule is CCc1ccc(Nc2ccn3ncc(-c4cccc(C)c4)c3n2)cn1. The molecule has 1 N–H and O–H groups in total. The minimum Gasteiger partial charge on any atom is -0.339 e. The topological polar surface area (TPSA) is 55.1 Å². The number of anilines is 2. The summed E-state index contributed by atoms with van der Waals surface area (Å²) in [6.45, 7) is 4.18. The van der Waals surface area contributed by atoms with Gasteiger partial charge in [-0.3, -0.25) is 4.98 Å². The van der Waals surface area contributed by atoms with Gasteiger partial charge in [-0.25, -0.2) is 9.50 Å². The van der Waals surface area contributed by atoms with Crippen molar-refractivity contribution in [2.24, 2.45) is 0 Å². The van der Waals surface area contributed by atoms with E-state index in [9.17, 15) is 0 Å². The average molecular weight is 329 g/mol. The van der Waals surface area contributed by atoms with Gasteiger partial charge >= 0.3 is 0 Å². The molecule has 0 aliphatic heterocycles. The molecule has 25 heavy (non-hydrogen) atoms. The Morgan fingerprint density at radius 3 is 2.76 bits per heavy atom. The molecule has 0 aliphatic rings. The summed E-state index contributed by atoms with van der Waals surface area (Å²) in [4.78, 5) is 9.15. The van der Waals surface area contributed by atoms with E-state index in [4.69, 9.17) is 4.98 Å². The lowest BCUT2D eigenvalue weighted by molar-refractivity contribution is 0.941. The van der Waals surface area contributed by atoms with Crippen molar-refractivity contribution in [3.8, 4) is 11.1 Å². The van der Waals surface area contributed by atoms with Gasteiger partial charge in [-0.15, -0.1) is 0 Å². The molecule has 0 radical (unpaired) electrons. The summed E-state index contributed by atoms with van der Waals surface area (Å²) in [5, 5.41) is 7.72.